The van der Waals surface area contributed by atoms with Crippen LogP contribution in [0.15, 0.2) is 28.2 Å². The third-order valence-corrected chi connectivity index (χ3v) is 3.92. The van der Waals surface area contributed by atoms with Gasteiger partial charge in [-0.1, -0.05) is 0 Å². The monoisotopic (exact) mass is 290 g/mol. The normalized spacial score (nSPS) is 11.1. The number of nitrogens with zero attached hydrogens (tertiary/aromatic N) is 2. The highest BCUT2D eigenvalue weighted by atomic mass is 32.1. The van der Waals surface area contributed by atoms with Crippen molar-refractivity contribution in [2.75, 3.05) is 6.61 Å². The van der Waals surface area contributed by atoms with Gasteiger partial charge in [-0.3, -0.25) is 9.20 Å². The lowest BCUT2D eigenvalue weighted by atomic mass is 10.2. The van der Waals surface area contributed by atoms with Crippen molar-refractivity contribution in [3.63, 3.8) is 0 Å². The van der Waals surface area contributed by atoms with Crippen molar-refractivity contribution in [1.29, 1.82) is 0 Å². The molecule has 0 fully saturated rings. The smallest absolute Gasteiger partial charge is 0.311 e. The second kappa shape index (κ2) is 5.13. The van der Waals surface area contributed by atoms with Gasteiger partial charge in [0, 0.05) is 11.1 Å². The lowest BCUT2D eigenvalue weighted by Gasteiger charge is -2.02. The average Bonchev–Trinajstić information content (AvgIpc) is 3.09. The molecule has 0 N–H and O–H groups in total. The molecular weight excluding hydrogens is 276 g/mol. The van der Waals surface area contributed by atoms with Gasteiger partial charge in [0.2, 0.25) is 0 Å². The van der Waals surface area contributed by atoms with Gasteiger partial charge in [0.05, 0.1) is 25.0 Å². The number of hydrogen-bond donors (Lipinski definition) is 0. The fourth-order valence-corrected chi connectivity index (χ4v) is 3.13. The van der Waals surface area contributed by atoms with E-state index in [1.165, 1.54) is 11.3 Å². The van der Waals surface area contributed by atoms with Crippen LogP contribution >= 0.6 is 11.3 Å². The van der Waals surface area contributed by atoms with Crippen LogP contribution < -0.4 is 0 Å². The minimum atomic E-state index is -0.222. The van der Waals surface area contributed by atoms with Crippen LogP contribution in [0.3, 0.4) is 0 Å². The molecule has 6 heteroatoms. The number of aryl methyl sites for hydroxylation is 1. The molecular formula is C14H14N2O3S. The van der Waals surface area contributed by atoms with Gasteiger partial charge in [-0.2, -0.15) is 0 Å². The molecule has 20 heavy (non-hydrogen) atoms. The van der Waals surface area contributed by atoms with Crippen LogP contribution in [0.5, 0.6) is 0 Å². The molecule has 0 aliphatic rings. The number of imidazole rings is 1. The van der Waals surface area contributed by atoms with Gasteiger partial charge in [0.25, 0.3) is 0 Å². The Morgan fingerprint density at radius 2 is 2.40 bits per heavy atom. The zero-order chi connectivity index (χ0) is 14.1. The Morgan fingerprint density at radius 3 is 3.10 bits per heavy atom. The Labute approximate surface area is 119 Å². The quantitative estimate of drug-likeness (QED) is 0.693. The Bertz CT molecular complexity index is 740. The standard InChI is InChI=1S/C14H14N2O3S/c1-3-18-12(17)7-10-8-20-14-15-13(9(2)16(10)14)11-5-4-6-19-11/h4-6,8H,3,7H2,1-2H3. The topological polar surface area (TPSA) is 56.7 Å². The number of fused-ring (bicyclic) bond motifs is 1. The molecule has 0 amide bonds. The van der Waals surface area contributed by atoms with Gasteiger partial charge in [0.15, 0.2) is 10.7 Å². The lowest BCUT2D eigenvalue weighted by Crippen LogP contribution is -2.09. The molecule has 0 aliphatic heterocycles. The third kappa shape index (κ3) is 2.12. The maximum atomic E-state index is 11.6. The van der Waals surface area contributed by atoms with E-state index in [9.17, 15) is 4.79 Å². The molecule has 0 atom stereocenters. The average molecular weight is 290 g/mol. The van der Waals surface area contributed by atoms with Crippen molar-refractivity contribution in [2.24, 2.45) is 0 Å². The summed E-state index contributed by atoms with van der Waals surface area (Å²) in [5, 5.41) is 1.94. The molecule has 0 radical (unpaired) electrons. The maximum Gasteiger partial charge on any atom is 0.311 e. The zero-order valence-electron chi connectivity index (χ0n) is 11.3. The Kier molecular flexibility index (Phi) is 3.31. The summed E-state index contributed by atoms with van der Waals surface area (Å²) >= 11 is 1.51. The molecule has 0 saturated heterocycles. The minimum absolute atomic E-state index is 0.222. The molecule has 5 nitrogen and oxygen atoms in total. The molecule has 0 unspecified atom stereocenters. The van der Waals surface area contributed by atoms with Crippen LogP contribution in [0.25, 0.3) is 16.4 Å². The van der Waals surface area contributed by atoms with E-state index in [2.05, 4.69) is 4.98 Å². The summed E-state index contributed by atoms with van der Waals surface area (Å²) in [5.74, 6) is 0.514. The first kappa shape index (κ1) is 12.9. The summed E-state index contributed by atoms with van der Waals surface area (Å²) in [5.41, 5.74) is 2.67. The van der Waals surface area contributed by atoms with Gasteiger partial charge in [0.1, 0.15) is 5.69 Å². The van der Waals surface area contributed by atoms with Gasteiger partial charge < -0.3 is 9.15 Å². The highest BCUT2D eigenvalue weighted by Crippen LogP contribution is 2.28. The second-order valence-electron chi connectivity index (χ2n) is 4.35. The molecule has 3 aromatic heterocycles. The number of esters is 1. The summed E-state index contributed by atoms with van der Waals surface area (Å²) in [6, 6.07) is 3.71. The maximum absolute atomic E-state index is 11.6. The number of carbonyl (C=O) groups is 1. The Morgan fingerprint density at radius 1 is 1.55 bits per heavy atom. The van der Waals surface area contributed by atoms with E-state index in [-0.39, 0.29) is 12.4 Å². The molecule has 104 valence electrons. The number of hydrogen-bond acceptors (Lipinski definition) is 5. The van der Waals surface area contributed by atoms with Gasteiger partial charge in [-0.05, 0) is 26.0 Å². The van der Waals surface area contributed by atoms with Crippen molar-refractivity contribution in [3.8, 4) is 11.5 Å². The number of thiazole rings is 1. The molecule has 0 aromatic carbocycles. The zero-order valence-corrected chi connectivity index (χ0v) is 12.1. The van der Waals surface area contributed by atoms with Gasteiger partial charge >= 0.3 is 5.97 Å². The molecule has 3 aromatic rings. The van der Waals surface area contributed by atoms with Crippen LogP contribution in [-0.4, -0.2) is 22.0 Å². The van der Waals surface area contributed by atoms with Crippen molar-refractivity contribution in [1.82, 2.24) is 9.38 Å². The molecule has 0 spiro atoms. The minimum Gasteiger partial charge on any atom is -0.466 e. The number of ether oxygens (including phenoxy) is 1. The van der Waals surface area contributed by atoms with E-state index >= 15 is 0 Å². The Hall–Kier alpha value is -2.08. The first-order valence-corrected chi connectivity index (χ1v) is 7.23. The lowest BCUT2D eigenvalue weighted by molar-refractivity contribution is -0.142. The van der Waals surface area contributed by atoms with Gasteiger partial charge in [-0.25, -0.2) is 4.98 Å². The molecule has 0 bridgehead atoms. The fourth-order valence-electron chi connectivity index (χ4n) is 2.19. The van der Waals surface area contributed by atoms with E-state index in [0.29, 0.717) is 6.61 Å². The largest absolute Gasteiger partial charge is 0.466 e. The second-order valence-corrected chi connectivity index (χ2v) is 5.19. The first-order valence-electron chi connectivity index (χ1n) is 6.35. The van der Waals surface area contributed by atoms with E-state index < -0.39 is 0 Å². The summed E-state index contributed by atoms with van der Waals surface area (Å²) in [6.07, 6.45) is 1.88. The van der Waals surface area contributed by atoms with E-state index in [0.717, 1.165) is 27.8 Å². The number of rotatable bonds is 4. The van der Waals surface area contributed by atoms with Crippen molar-refractivity contribution in [3.05, 3.63) is 35.2 Å². The first-order chi connectivity index (χ1) is 9.70. The van der Waals surface area contributed by atoms with Crippen LogP contribution in [-0.2, 0) is 16.0 Å². The van der Waals surface area contributed by atoms with Crippen molar-refractivity contribution < 1.29 is 13.9 Å². The Balaban J connectivity index is 2.01. The molecule has 3 heterocycles. The molecule has 3 rings (SSSR count). The highest BCUT2D eigenvalue weighted by molar-refractivity contribution is 7.15. The predicted octanol–water partition coefficient (Wildman–Crippen LogP) is 3.07. The van der Waals surface area contributed by atoms with E-state index in [1.54, 1.807) is 13.2 Å². The molecule has 0 aliphatic carbocycles. The summed E-state index contributed by atoms with van der Waals surface area (Å²) in [6.45, 7) is 4.17. The number of aromatic nitrogens is 2. The van der Waals surface area contributed by atoms with Crippen LogP contribution in [0.1, 0.15) is 18.3 Å². The number of furan rings is 1. The van der Waals surface area contributed by atoms with Crippen LogP contribution in [0.2, 0.25) is 0 Å². The van der Waals surface area contributed by atoms with Crippen LogP contribution in [0, 0.1) is 6.92 Å². The van der Waals surface area contributed by atoms with E-state index in [1.807, 2.05) is 28.8 Å². The third-order valence-electron chi connectivity index (χ3n) is 3.05. The van der Waals surface area contributed by atoms with Crippen molar-refractivity contribution >= 4 is 22.3 Å². The SMILES string of the molecule is CCOC(=O)Cc1csc2nc(-c3ccco3)c(C)n12. The summed E-state index contributed by atoms with van der Waals surface area (Å²) in [7, 11) is 0. The van der Waals surface area contributed by atoms with Crippen LogP contribution in [0.4, 0.5) is 0 Å². The predicted molar refractivity (Wildman–Crippen MR) is 75.8 cm³/mol. The summed E-state index contributed by atoms with van der Waals surface area (Å²) in [4.78, 5) is 17.1. The van der Waals surface area contributed by atoms with Gasteiger partial charge in [-0.15, -0.1) is 11.3 Å². The van der Waals surface area contributed by atoms with Crippen molar-refractivity contribution in [2.45, 2.75) is 20.3 Å². The van der Waals surface area contributed by atoms with E-state index in [4.69, 9.17) is 9.15 Å². The number of carbonyl (C=O) groups excluding carboxylic acids is 1. The highest BCUT2D eigenvalue weighted by Gasteiger charge is 2.18. The fraction of sp³-hybridized carbons (Fsp3) is 0.286. The molecule has 0 saturated carbocycles. The summed E-state index contributed by atoms with van der Waals surface area (Å²) < 4.78 is 12.4.